The van der Waals surface area contributed by atoms with E-state index in [1.165, 1.54) is 18.2 Å². The van der Waals surface area contributed by atoms with Gasteiger partial charge < -0.3 is 10.6 Å². The average Bonchev–Trinajstić information content (AvgIpc) is 2.59. The molecule has 0 saturated heterocycles. The number of amides is 2. The van der Waals surface area contributed by atoms with Gasteiger partial charge in [-0.15, -0.1) is 0 Å². The zero-order valence-electron chi connectivity index (χ0n) is 16.7. The number of rotatable bonds is 7. The third-order valence-corrected chi connectivity index (χ3v) is 4.86. The summed E-state index contributed by atoms with van der Waals surface area (Å²) in [5.74, 6) is -0.551. The van der Waals surface area contributed by atoms with Crippen molar-refractivity contribution < 1.29 is 14.5 Å². The van der Waals surface area contributed by atoms with Crippen LogP contribution in [0.4, 0.5) is 17.1 Å². The Bertz CT molecular complexity index is 938. The summed E-state index contributed by atoms with van der Waals surface area (Å²) in [5.41, 5.74) is 4.23. The number of carbonyl (C=O) groups excluding carboxylic acids is 2. The van der Waals surface area contributed by atoms with Crippen LogP contribution in [0.2, 0.25) is 0 Å². The molecular weight excluding hydrogens is 440 g/mol. The first kappa shape index (κ1) is 22.5. The van der Waals surface area contributed by atoms with Gasteiger partial charge in [-0.2, -0.15) is 0 Å². The summed E-state index contributed by atoms with van der Waals surface area (Å²) in [6.45, 7) is 5.91. The van der Waals surface area contributed by atoms with E-state index < -0.39 is 4.92 Å². The lowest BCUT2D eigenvalue weighted by molar-refractivity contribution is -0.384. The van der Waals surface area contributed by atoms with Crippen molar-refractivity contribution in [3.63, 3.8) is 0 Å². The molecule has 2 N–H and O–H groups in total. The first-order chi connectivity index (χ1) is 13.6. The number of anilines is 2. The van der Waals surface area contributed by atoms with Crippen LogP contribution in [0.3, 0.4) is 0 Å². The second kappa shape index (κ2) is 9.62. The predicted octanol–water partition coefficient (Wildman–Crippen LogP) is 3.79. The number of halogens is 1. The highest BCUT2D eigenvalue weighted by Crippen LogP contribution is 2.27. The fraction of sp³-hybridized carbons (Fsp3) is 0.300. The summed E-state index contributed by atoms with van der Waals surface area (Å²) in [4.78, 5) is 36.4. The molecule has 0 aliphatic rings. The highest BCUT2D eigenvalue weighted by Gasteiger charge is 2.15. The van der Waals surface area contributed by atoms with Crippen molar-refractivity contribution in [2.24, 2.45) is 0 Å². The summed E-state index contributed by atoms with van der Waals surface area (Å²) < 4.78 is 0.408. The normalized spacial score (nSPS) is 10.7. The number of nitrogens with zero attached hydrogens (tertiary/aromatic N) is 2. The maximum Gasteiger partial charge on any atom is 0.270 e. The maximum absolute atomic E-state index is 12.4. The zero-order chi connectivity index (χ0) is 21.7. The van der Waals surface area contributed by atoms with Crippen LogP contribution in [0.15, 0.2) is 34.8 Å². The molecule has 0 saturated carbocycles. The van der Waals surface area contributed by atoms with Crippen molar-refractivity contribution in [1.29, 1.82) is 0 Å². The minimum Gasteiger partial charge on any atom is -0.324 e. The Labute approximate surface area is 177 Å². The first-order valence-corrected chi connectivity index (χ1v) is 9.66. The van der Waals surface area contributed by atoms with Crippen LogP contribution in [0.25, 0.3) is 0 Å². The summed E-state index contributed by atoms with van der Waals surface area (Å²) >= 11 is 3.21. The van der Waals surface area contributed by atoms with Gasteiger partial charge in [0.1, 0.15) is 0 Å². The topological polar surface area (TPSA) is 105 Å². The van der Waals surface area contributed by atoms with Crippen LogP contribution < -0.4 is 10.6 Å². The van der Waals surface area contributed by atoms with E-state index in [2.05, 4.69) is 26.6 Å². The van der Waals surface area contributed by atoms with E-state index in [0.29, 0.717) is 10.2 Å². The van der Waals surface area contributed by atoms with Gasteiger partial charge in [0.05, 0.1) is 23.7 Å². The number of hydrogen-bond donors (Lipinski definition) is 2. The number of nitro benzene ring substituents is 1. The van der Waals surface area contributed by atoms with Crippen molar-refractivity contribution in [1.82, 2.24) is 4.90 Å². The second-order valence-corrected chi connectivity index (χ2v) is 7.82. The van der Waals surface area contributed by atoms with Gasteiger partial charge in [0.15, 0.2) is 0 Å². The molecule has 0 aromatic heterocycles. The van der Waals surface area contributed by atoms with Crippen LogP contribution in [0, 0.1) is 30.9 Å². The van der Waals surface area contributed by atoms with E-state index in [1.54, 1.807) is 11.9 Å². The molecule has 2 amide bonds. The summed E-state index contributed by atoms with van der Waals surface area (Å²) in [6, 6.07) is 8.09. The summed E-state index contributed by atoms with van der Waals surface area (Å²) in [5, 5.41) is 16.4. The second-order valence-electron chi connectivity index (χ2n) is 6.96. The SMILES string of the molecule is Cc1cc(C)c(NC(=O)CN(C)CC(=O)Nc2ccc([N+](=O)[O-])cc2Br)c(C)c1. The van der Waals surface area contributed by atoms with Crippen LogP contribution >= 0.6 is 15.9 Å². The Hall–Kier alpha value is -2.78. The van der Waals surface area contributed by atoms with Gasteiger partial charge >= 0.3 is 0 Å². The zero-order valence-corrected chi connectivity index (χ0v) is 18.3. The predicted molar refractivity (Wildman–Crippen MR) is 116 cm³/mol. The van der Waals surface area contributed by atoms with Gasteiger partial charge in [0.2, 0.25) is 11.8 Å². The molecule has 0 radical (unpaired) electrons. The molecule has 0 aliphatic carbocycles. The van der Waals surface area contributed by atoms with Gasteiger partial charge in [-0.25, -0.2) is 0 Å². The number of nitro groups is 1. The quantitative estimate of drug-likeness (QED) is 0.480. The smallest absolute Gasteiger partial charge is 0.270 e. The monoisotopic (exact) mass is 462 g/mol. The van der Waals surface area contributed by atoms with Gasteiger partial charge in [-0.05, 0) is 60.9 Å². The third kappa shape index (κ3) is 6.37. The molecule has 29 heavy (non-hydrogen) atoms. The number of nitrogens with one attached hydrogen (secondary N) is 2. The Balaban J connectivity index is 1.92. The molecule has 154 valence electrons. The van der Waals surface area contributed by atoms with Crippen molar-refractivity contribution in [3.05, 3.63) is 61.6 Å². The lowest BCUT2D eigenvalue weighted by Gasteiger charge is -2.18. The third-order valence-electron chi connectivity index (χ3n) is 4.21. The fourth-order valence-corrected chi connectivity index (χ4v) is 3.48. The Morgan fingerprint density at radius 1 is 1.03 bits per heavy atom. The minimum absolute atomic E-state index is 0.0112. The van der Waals surface area contributed by atoms with Crippen molar-refractivity contribution in [2.45, 2.75) is 20.8 Å². The number of benzene rings is 2. The van der Waals surface area contributed by atoms with Gasteiger partial charge in [0, 0.05) is 22.3 Å². The highest BCUT2D eigenvalue weighted by atomic mass is 79.9. The lowest BCUT2D eigenvalue weighted by Crippen LogP contribution is -2.36. The molecule has 2 aromatic carbocycles. The molecule has 0 aliphatic heterocycles. The molecular formula is C20H23BrN4O4. The maximum atomic E-state index is 12.4. The number of likely N-dealkylation sites (N-methyl/N-ethyl adjacent to an activating group) is 1. The van der Waals surface area contributed by atoms with Gasteiger partial charge in [-0.1, -0.05) is 17.7 Å². The van der Waals surface area contributed by atoms with Crippen molar-refractivity contribution in [3.8, 4) is 0 Å². The number of aryl methyl sites for hydroxylation is 3. The largest absolute Gasteiger partial charge is 0.324 e. The minimum atomic E-state index is -0.514. The molecule has 9 heteroatoms. The van der Waals surface area contributed by atoms with Crippen LogP contribution in [0.1, 0.15) is 16.7 Å². The molecule has 0 spiro atoms. The van der Waals surface area contributed by atoms with Gasteiger partial charge in [0.25, 0.3) is 5.69 Å². The summed E-state index contributed by atoms with van der Waals surface area (Å²) in [7, 11) is 1.67. The molecule has 8 nitrogen and oxygen atoms in total. The molecule has 0 atom stereocenters. The lowest BCUT2D eigenvalue weighted by atomic mass is 10.1. The average molecular weight is 463 g/mol. The number of hydrogen-bond acceptors (Lipinski definition) is 5. The van der Waals surface area contributed by atoms with Crippen molar-refractivity contribution in [2.75, 3.05) is 30.8 Å². The molecule has 0 bridgehead atoms. The fourth-order valence-electron chi connectivity index (χ4n) is 3.01. The van der Waals surface area contributed by atoms with Crippen LogP contribution in [0.5, 0.6) is 0 Å². The van der Waals surface area contributed by atoms with E-state index in [0.717, 1.165) is 22.4 Å². The summed E-state index contributed by atoms with van der Waals surface area (Å²) in [6.07, 6.45) is 0. The van der Waals surface area contributed by atoms with E-state index in [9.17, 15) is 19.7 Å². The number of carbonyl (C=O) groups is 2. The van der Waals surface area contributed by atoms with Gasteiger partial charge in [-0.3, -0.25) is 24.6 Å². The molecule has 0 fully saturated rings. The Morgan fingerprint density at radius 3 is 2.10 bits per heavy atom. The molecule has 2 aromatic rings. The highest BCUT2D eigenvalue weighted by molar-refractivity contribution is 9.10. The van der Waals surface area contributed by atoms with E-state index >= 15 is 0 Å². The first-order valence-electron chi connectivity index (χ1n) is 8.87. The molecule has 0 heterocycles. The number of non-ortho nitro benzene ring substituents is 1. The van der Waals surface area contributed by atoms with E-state index in [1.807, 2.05) is 32.9 Å². The standard InChI is InChI=1S/C20H23BrN4O4/c1-12-7-13(2)20(14(3)8-12)23-19(27)11-24(4)10-18(26)22-17-6-5-15(25(28)29)9-16(17)21/h5-9H,10-11H2,1-4H3,(H,22,26)(H,23,27). The van der Waals surface area contributed by atoms with E-state index in [-0.39, 0.29) is 30.6 Å². The Morgan fingerprint density at radius 2 is 1.59 bits per heavy atom. The van der Waals surface area contributed by atoms with Crippen molar-refractivity contribution >= 4 is 44.8 Å². The van der Waals surface area contributed by atoms with E-state index in [4.69, 9.17) is 0 Å². The molecule has 2 rings (SSSR count). The Kier molecular flexibility index (Phi) is 7.46. The van der Waals surface area contributed by atoms with Crippen LogP contribution in [-0.4, -0.2) is 41.8 Å². The molecule has 0 unspecified atom stereocenters. The van der Waals surface area contributed by atoms with Crippen LogP contribution in [-0.2, 0) is 9.59 Å².